The molecular weight excluding hydrogens is 548 g/mol. The molecule has 0 atom stereocenters. The van der Waals surface area contributed by atoms with E-state index in [2.05, 4.69) is 32.2 Å². The first-order valence-electron chi connectivity index (χ1n) is 11.6. The Morgan fingerprint density at radius 3 is 2.47 bits per heavy atom. The molecule has 1 aromatic carbocycles. The lowest BCUT2D eigenvalue weighted by molar-refractivity contribution is 0.256. The quantitative estimate of drug-likeness (QED) is 0.315. The number of aromatic nitrogens is 3. The minimum atomic E-state index is -4.02. The number of allylic oxidation sites excluding steroid dienone is 2. The van der Waals surface area contributed by atoms with E-state index in [1.807, 2.05) is 16.9 Å². The smallest absolute Gasteiger partial charge is 0.333 e. The molecule has 2 aromatic heterocycles. The Bertz CT molecular complexity index is 1530. The summed E-state index contributed by atoms with van der Waals surface area (Å²) in [4.78, 5) is 34.3. The van der Waals surface area contributed by atoms with Crippen molar-refractivity contribution < 1.29 is 13.2 Å². The normalized spacial score (nSPS) is 13.7. The molecule has 0 radical (unpaired) electrons. The number of sulfonamides is 1. The highest BCUT2D eigenvalue weighted by molar-refractivity contribution is 8.19. The van der Waals surface area contributed by atoms with Crippen molar-refractivity contribution in [3.05, 3.63) is 74.5 Å². The van der Waals surface area contributed by atoms with E-state index in [0.29, 0.717) is 28.6 Å². The van der Waals surface area contributed by atoms with Crippen LogP contribution in [0.4, 0.5) is 16.2 Å². The van der Waals surface area contributed by atoms with Crippen LogP contribution in [0.1, 0.15) is 32.5 Å². The summed E-state index contributed by atoms with van der Waals surface area (Å²) in [5.41, 5.74) is 1.53. The minimum Gasteiger partial charge on any atom is -0.382 e. The molecule has 4 rings (SSSR count). The second-order valence-electron chi connectivity index (χ2n) is 8.11. The molecular formula is C25H29ClN6O4S2. The molecule has 3 N–H and O–H groups in total. The van der Waals surface area contributed by atoms with E-state index < -0.39 is 16.1 Å². The molecule has 0 spiro atoms. The SMILES string of the molecule is C/C=C\S/C(=C\C)S(=O)(=O)NC(=O)Nc1ccc(-n2c(C)nc3cc(NC4CC4)ccc3c2=O)nc1.CCl. The summed E-state index contributed by atoms with van der Waals surface area (Å²) >= 11 is 5.62. The second kappa shape index (κ2) is 12.9. The van der Waals surface area contributed by atoms with Gasteiger partial charge in [0.15, 0.2) is 0 Å². The van der Waals surface area contributed by atoms with Gasteiger partial charge in [0.2, 0.25) is 0 Å². The molecule has 0 aliphatic heterocycles. The van der Waals surface area contributed by atoms with Gasteiger partial charge in [-0.05, 0) is 69.4 Å². The number of hydrogen-bond acceptors (Lipinski definition) is 8. The Morgan fingerprint density at radius 2 is 1.87 bits per heavy atom. The summed E-state index contributed by atoms with van der Waals surface area (Å²) in [5, 5.41) is 7.91. The van der Waals surface area contributed by atoms with Crippen LogP contribution < -0.4 is 20.9 Å². The maximum Gasteiger partial charge on any atom is 0.333 e. The Hall–Kier alpha value is -3.35. The van der Waals surface area contributed by atoms with E-state index in [4.69, 9.17) is 0 Å². The molecule has 1 saturated carbocycles. The van der Waals surface area contributed by atoms with Crippen molar-refractivity contribution in [1.82, 2.24) is 19.3 Å². The minimum absolute atomic E-state index is 0.00156. The molecule has 1 aliphatic rings. The third-order valence-corrected chi connectivity index (χ3v) is 8.31. The van der Waals surface area contributed by atoms with Crippen molar-refractivity contribution in [2.75, 3.05) is 17.0 Å². The largest absolute Gasteiger partial charge is 0.382 e. The number of aryl methyl sites for hydroxylation is 1. The van der Waals surface area contributed by atoms with Crippen LogP contribution in [0.15, 0.2) is 63.1 Å². The first-order valence-corrected chi connectivity index (χ1v) is 14.8. The first-order chi connectivity index (χ1) is 18.2. The van der Waals surface area contributed by atoms with Gasteiger partial charge in [0.1, 0.15) is 15.9 Å². The Kier molecular flexibility index (Phi) is 9.95. The molecule has 2 amide bonds. The zero-order valence-corrected chi connectivity index (χ0v) is 23.7. The average molecular weight is 577 g/mol. The predicted octanol–water partition coefficient (Wildman–Crippen LogP) is 5.10. The third-order valence-electron chi connectivity index (χ3n) is 5.27. The number of pyridine rings is 1. The summed E-state index contributed by atoms with van der Waals surface area (Å²) in [6.45, 7) is 5.05. The lowest BCUT2D eigenvalue weighted by Crippen LogP contribution is -2.34. The van der Waals surface area contributed by atoms with Crippen LogP contribution in [0.3, 0.4) is 0 Å². The number of carbonyl (C=O) groups excluding carboxylic acids is 1. The zero-order chi connectivity index (χ0) is 27.9. The fourth-order valence-electron chi connectivity index (χ4n) is 3.46. The molecule has 1 aliphatic carbocycles. The number of benzene rings is 1. The average Bonchev–Trinajstić information content (AvgIpc) is 3.70. The number of nitrogens with zero attached hydrogens (tertiary/aromatic N) is 3. The van der Waals surface area contributed by atoms with Gasteiger partial charge in [0, 0.05) is 18.1 Å². The lowest BCUT2D eigenvalue weighted by atomic mass is 10.2. The van der Waals surface area contributed by atoms with Crippen molar-refractivity contribution in [2.45, 2.75) is 39.7 Å². The van der Waals surface area contributed by atoms with Gasteiger partial charge < -0.3 is 10.6 Å². The van der Waals surface area contributed by atoms with Crippen molar-refractivity contribution in [3.63, 3.8) is 0 Å². The number of fused-ring (bicyclic) bond motifs is 1. The molecule has 13 heteroatoms. The van der Waals surface area contributed by atoms with Crippen LogP contribution in [0.25, 0.3) is 16.7 Å². The molecule has 202 valence electrons. The number of hydrogen-bond donors (Lipinski definition) is 3. The number of rotatable bonds is 8. The van der Waals surface area contributed by atoms with Crippen LogP contribution in [-0.2, 0) is 10.0 Å². The van der Waals surface area contributed by atoms with E-state index in [9.17, 15) is 18.0 Å². The Morgan fingerprint density at radius 1 is 1.16 bits per heavy atom. The van der Waals surface area contributed by atoms with Gasteiger partial charge in [0.05, 0.1) is 22.8 Å². The zero-order valence-electron chi connectivity index (χ0n) is 21.4. The van der Waals surface area contributed by atoms with E-state index in [1.54, 1.807) is 44.4 Å². The molecule has 0 unspecified atom stereocenters. The number of alkyl halides is 1. The van der Waals surface area contributed by atoms with Crippen LogP contribution in [0.5, 0.6) is 0 Å². The number of carbonyl (C=O) groups is 1. The third kappa shape index (κ3) is 7.15. The summed E-state index contributed by atoms with van der Waals surface area (Å²) < 4.78 is 28.2. The number of urea groups is 1. The van der Waals surface area contributed by atoms with Crippen molar-refractivity contribution in [3.8, 4) is 5.82 Å². The highest BCUT2D eigenvalue weighted by atomic mass is 35.5. The topological polar surface area (TPSA) is 135 Å². The van der Waals surface area contributed by atoms with Gasteiger partial charge in [-0.2, -0.15) is 0 Å². The van der Waals surface area contributed by atoms with Gasteiger partial charge in [0.25, 0.3) is 15.6 Å². The molecule has 38 heavy (non-hydrogen) atoms. The van der Waals surface area contributed by atoms with Gasteiger partial charge in [-0.25, -0.2) is 32.5 Å². The molecule has 0 saturated heterocycles. The van der Waals surface area contributed by atoms with Gasteiger partial charge in [-0.1, -0.05) is 23.9 Å². The lowest BCUT2D eigenvalue weighted by Gasteiger charge is -2.12. The summed E-state index contributed by atoms with van der Waals surface area (Å²) in [6.07, 6.45) is 8.20. The Balaban J connectivity index is 0.00000195. The van der Waals surface area contributed by atoms with Gasteiger partial charge >= 0.3 is 6.03 Å². The van der Waals surface area contributed by atoms with Crippen molar-refractivity contribution in [2.24, 2.45) is 0 Å². The highest BCUT2D eigenvalue weighted by Gasteiger charge is 2.22. The molecule has 1 fully saturated rings. The van der Waals surface area contributed by atoms with Gasteiger partial charge in [-0.15, -0.1) is 11.6 Å². The van der Waals surface area contributed by atoms with E-state index in [-0.39, 0.29) is 15.5 Å². The van der Waals surface area contributed by atoms with Crippen LogP contribution in [-0.4, -0.2) is 41.4 Å². The summed E-state index contributed by atoms with van der Waals surface area (Å²) in [6, 6.07) is 8.13. The second-order valence-corrected chi connectivity index (χ2v) is 11.0. The molecule has 2 heterocycles. The summed E-state index contributed by atoms with van der Waals surface area (Å²) in [7, 11) is -4.02. The van der Waals surface area contributed by atoms with Gasteiger partial charge in [-0.3, -0.25) is 4.79 Å². The Labute approximate surface area is 230 Å². The highest BCUT2D eigenvalue weighted by Crippen LogP contribution is 2.26. The predicted molar refractivity (Wildman–Crippen MR) is 156 cm³/mol. The maximum absolute atomic E-state index is 13.2. The number of amides is 2. The monoisotopic (exact) mass is 576 g/mol. The fourth-order valence-corrected chi connectivity index (χ4v) is 5.37. The first kappa shape index (κ1) is 29.2. The van der Waals surface area contributed by atoms with Crippen LogP contribution >= 0.6 is 23.4 Å². The number of thioether (sulfide) groups is 1. The van der Waals surface area contributed by atoms with E-state index in [1.165, 1.54) is 29.3 Å². The van der Waals surface area contributed by atoms with Crippen LogP contribution in [0, 0.1) is 6.92 Å². The maximum atomic E-state index is 13.2. The molecule has 10 nitrogen and oxygen atoms in total. The standard InChI is InChI=1S/C24H26N6O4S2.CH3Cl/c1-4-12-35-22(5-2)36(33,34)29-24(32)28-18-9-11-21(25-14-18)30-15(3)26-20-13-17(27-16-6-7-16)8-10-19(20)23(30)31;1-2/h4-5,8-14,16,27H,6-7H2,1-3H3,(H2,28,29,32);1H3/b12-4-,22-5+;. The molecule has 0 bridgehead atoms. The van der Waals surface area contributed by atoms with Crippen molar-refractivity contribution in [1.29, 1.82) is 0 Å². The van der Waals surface area contributed by atoms with E-state index >= 15 is 0 Å². The summed E-state index contributed by atoms with van der Waals surface area (Å²) in [5.74, 6) is 0.787. The molecule has 3 aromatic rings. The van der Waals surface area contributed by atoms with E-state index in [0.717, 1.165) is 30.3 Å². The number of halogens is 1. The van der Waals surface area contributed by atoms with Crippen molar-refractivity contribution >= 4 is 61.7 Å². The number of nitrogens with one attached hydrogen (secondary N) is 3. The van der Waals surface area contributed by atoms with Crippen LogP contribution in [0.2, 0.25) is 0 Å². The fraction of sp³-hybridized carbons (Fsp3) is 0.280. The number of anilines is 2.